The molecule has 1 heterocycles. The Morgan fingerprint density at radius 1 is 1.50 bits per heavy atom. The lowest BCUT2D eigenvalue weighted by atomic mass is 10.0. The smallest absolute Gasteiger partial charge is 0.126 e. The van der Waals surface area contributed by atoms with E-state index >= 15 is 0 Å². The number of hydrogen-bond acceptors (Lipinski definition) is 2. The van der Waals surface area contributed by atoms with Gasteiger partial charge in [-0.1, -0.05) is 12.1 Å². The molecular formula is C15H23FN2. The van der Waals surface area contributed by atoms with Crippen LogP contribution in [0.4, 0.5) is 4.39 Å². The average molecular weight is 250 g/mol. The molecule has 0 saturated carbocycles. The topological polar surface area (TPSA) is 15.3 Å². The highest BCUT2D eigenvalue weighted by Crippen LogP contribution is 2.18. The van der Waals surface area contributed by atoms with Crippen LogP contribution in [0.15, 0.2) is 18.2 Å². The van der Waals surface area contributed by atoms with Gasteiger partial charge in [-0.15, -0.1) is 0 Å². The van der Waals surface area contributed by atoms with Gasteiger partial charge >= 0.3 is 0 Å². The molecule has 0 bridgehead atoms. The normalized spacial score (nSPS) is 22.3. The van der Waals surface area contributed by atoms with Crippen molar-refractivity contribution in [3.8, 4) is 0 Å². The Balaban J connectivity index is 1.87. The zero-order valence-corrected chi connectivity index (χ0v) is 11.5. The van der Waals surface area contributed by atoms with Crippen LogP contribution in [0.2, 0.25) is 0 Å². The van der Waals surface area contributed by atoms with Gasteiger partial charge in [-0.3, -0.25) is 0 Å². The van der Waals surface area contributed by atoms with Crippen molar-refractivity contribution < 1.29 is 4.39 Å². The fourth-order valence-electron chi connectivity index (χ4n) is 2.53. The van der Waals surface area contributed by atoms with Gasteiger partial charge in [0.15, 0.2) is 0 Å². The SMILES string of the molecule is Cc1ccc(C(C)NCC2CCN(C)C2)cc1F. The van der Waals surface area contributed by atoms with Gasteiger partial charge in [0.25, 0.3) is 0 Å². The Bertz CT molecular complexity index is 405. The van der Waals surface area contributed by atoms with Crippen molar-refractivity contribution in [1.82, 2.24) is 10.2 Å². The summed E-state index contributed by atoms with van der Waals surface area (Å²) in [6.07, 6.45) is 1.26. The van der Waals surface area contributed by atoms with E-state index in [1.54, 1.807) is 13.0 Å². The Morgan fingerprint density at radius 2 is 2.28 bits per heavy atom. The van der Waals surface area contributed by atoms with Crippen molar-refractivity contribution in [3.05, 3.63) is 35.1 Å². The number of rotatable bonds is 4. The minimum Gasteiger partial charge on any atom is -0.310 e. The third-order valence-electron chi connectivity index (χ3n) is 3.90. The van der Waals surface area contributed by atoms with Crippen LogP contribution in [0.3, 0.4) is 0 Å². The van der Waals surface area contributed by atoms with Gasteiger partial charge in [-0.25, -0.2) is 4.39 Å². The molecule has 0 radical (unpaired) electrons. The third-order valence-corrected chi connectivity index (χ3v) is 3.90. The molecule has 1 fully saturated rings. The summed E-state index contributed by atoms with van der Waals surface area (Å²) in [4.78, 5) is 2.36. The predicted octanol–water partition coefficient (Wildman–Crippen LogP) is 2.74. The first-order chi connectivity index (χ1) is 8.56. The summed E-state index contributed by atoms with van der Waals surface area (Å²) in [5.41, 5.74) is 1.74. The summed E-state index contributed by atoms with van der Waals surface area (Å²) < 4.78 is 13.5. The fraction of sp³-hybridized carbons (Fsp3) is 0.600. The number of halogens is 1. The maximum absolute atomic E-state index is 13.5. The van der Waals surface area contributed by atoms with Crippen molar-refractivity contribution >= 4 is 0 Å². The molecule has 2 nitrogen and oxygen atoms in total. The van der Waals surface area contributed by atoms with Crippen LogP contribution in [0.25, 0.3) is 0 Å². The van der Waals surface area contributed by atoms with Crippen LogP contribution >= 0.6 is 0 Å². The molecule has 2 rings (SSSR count). The molecular weight excluding hydrogens is 227 g/mol. The molecule has 100 valence electrons. The molecule has 1 aliphatic rings. The van der Waals surface area contributed by atoms with E-state index in [2.05, 4.69) is 24.2 Å². The Kier molecular flexibility index (Phi) is 4.36. The maximum Gasteiger partial charge on any atom is 0.126 e. The Labute approximate surface area is 109 Å². The summed E-state index contributed by atoms with van der Waals surface area (Å²) in [5, 5.41) is 3.51. The second-order valence-electron chi connectivity index (χ2n) is 5.56. The van der Waals surface area contributed by atoms with Crippen LogP contribution in [0.1, 0.15) is 30.5 Å². The zero-order chi connectivity index (χ0) is 13.1. The number of aryl methyl sites for hydroxylation is 1. The second kappa shape index (κ2) is 5.81. The van der Waals surface area contributed by atoms with Gasteiger partial charge in [-0.2, -0.15) is 0 Å². The largest absolute Gasteiger partial charge is 0.310 e. The molecule has 1 aromatic carbocycles. The second-order valence-corrected chi connectivity index (χ2v) is 5.56. The van der Waals surface area contributed by atoms with Gasteiger partial charge in [0.05, 0.1) is 0 Å². The van der Waals surface area contributed by atoms with E-state index in [1.807, 2.05) is 12.1 Å². The van der Waals surface area contributed by atoms with E-state index in [0.29, 0.717) is 5.56 Å². The van der Waals surface area contributed by atoms with Gasteiger partial charge in [0.1, 0.15) is 5.82 Å². The first-order valence-corrected chi connectivity index (χ1v) is 6.74. The van der Waals surface area contributed by atoms with Crippen LogP contribution < -0.4 is 5.32 Å². The molecule has 1 N–H and O–H groups in total. The third kappa shape index (κ3) is 3.30. The predicted molar refractivity (Wildman–Crippen MR) is 73.2 cm³/mol. The fourth-order valence-corrected chi connectivity index (χ4v) is 2.53. The van der Waals surface area contributed by atoms with Crippen LogP contribution in [-0.4, -0.2) is 31.6 Å². The lowest BCUT2D eigenvalue weighted by Gasteiger charge is -2.18. The summed E-state index contributed by atoms with van der Waals surface area (Å²) in [6, 6.07) is 5.72. The van der Waals surface area contributed by atoms with E-state index in [-0.39, 0.29) is 11.9 Å². The Hall–Kier alpha value is -0.930. The lowest BCUT2D eigenvalue weighted by molar-refractivity contribution is 0.382. The first-order valence-electron chi connectivity index (χ1n) is 6.74. The van der Waals surface area contributed by atoms with Crippen LogP contribution in [-0.2, 0) is 0 Å². The van der Waals surface area contributed by atoms with E-state index in [1.165, 1.54) is 19.5 Å². The molecule has 2 atom stereocenters. The van der Waals surface area contributed by atoms with Crippen molar-refractivity contribution in [2.24, 2.45) is 5.92 Å². The van der Waals surface area contributed by atoms with Gasteiger partial charge < -0.3 is 10.2 Å². The van der Waals surface area contributed by atoms with E-state index in [4.69, 9.17) is 0 Å². The number of hydrogen-bond donors (Lipinski definition) is 1. The molecule has 0 aromatic heterocycles. The quantitative estimate of drug-likeness (QED) is 0.884. The summed E-state index contributed by atoms with van der Waals surface area (Å²) >= 11 is 0. The maximum atomic E-state index is 13.5. The molecule has 3 heteroatoms. The van der Waals surface area contributed by atoms with E-state index in [9.17, 15) is 4.39 Å². The summed E-state index contributed by atoms with van der Waals surface area (Å²) in [7, 11) is 2.17. The standard InChI is InChI=1S/C15H23FN2/c1-11-4-5-14(8-15(11)16)12(2)17-9-13-6-7-18(3)10-13/h4-5,8,12-13,17H,6-7,9-10H2,1-3H3. The summed E-state index contributed by atoms with van der Waals surface area (Å²) in [6.45, 7) is 7.28. The van der Waals surface area contributed by atoms with Crippen LogP contribution in [0.5, 0.6) is 0 Å². The van der Waals surface area contributed by atoms with Gasteiger partial charge in [-0.05, 0) is 63.5 Å². The molecule has 18 heavy (non-hydrogen) atoms. The highest BCUT2D eigenvalue weighted by molar-refractivity contribution is 5.25. The monoisotopic (exact) mass is 250 g/mol. The van der Waals surface area contributed by atoms with Crippen molar-refractivity contribution in [2.45, 2.75) is 26.3 Å². The van der Waals surface area contributed by atoms with Crippen molar-refractivity contribution in [3.63, 3.8) is 0 Å². The number of likely N-dealkylation sites (tertiary alicyclic amines) is 1. The first kappa shape index (κ1) is 13.5. The molecule has 1 aliphatic heterocycles. The molecule has 0 aliphatic carbocycles. The molecule has 2 unspecified atom stereocenters. The zero-order valence-electron chi connectivity index (χ0n) is 11.5. The van der Waals surface area contributed by atoms with E-state index in [0.717, 1.165) is 18.0 Å². The number of nitrogens with one attached hydrogen (secondary N) is 1. The molecule has 0 amide bonds. The number of benzene rings is 1. The van der Waals surface area contributed by atoms with Crippen molar-refractivity contribution in [1.29, 1.82) is 0 Å². The minimum absolute atomic E-state index is 0.109. The van der Waals surface area contributed by atoms with Gasteiger partial charge in [0.2, 0.25) is 0 Å². The molecule has 1 aromatic rings. The minimum atomic E-state index is -0.109. The van der Waals surface area contributed by atoms with E-state index < -0.39 is 0 Å². The highest BCUT2D eigenvalue weighted by atomic mass is 19.1. The molecule has 0 spiro atoms. The van der Waals surface area contributed by atoms with Crippen LogP contribution in [0, 0.1) is 18.7 Å². The number of nitrogens with zero attached hydrogens (tertiary/aromatic N) is 1. The highest BCUT2D eigenvalue weighted by Gasteiger charge is 2.19. The summed E-state index contributed by atoms with van der Waals surface area (Å²) in [5.74, 6) is 0.620. The lowest BCUT2D eigenvalue weighted by Crippen LogP contribution is -2.27. The average Bonchev–Trinajstić information content (AvgIpc) is 2.75. The van der Waals surface area contributed by atoms with Crippen molar-refractivity contribution in [2.75, 3.05) is 26.7 Å². The van der Waals surface area contributed by atoms with Gasteiger partial charge in [0, 0.05) is 12.6 Å². The Morgan fingerprint density at radius 3 is 2.89 bits per heavy atom. The molecule has 1 saturated heterocycles.